The van der Waals surface area contributed by atoms with Gasteiger partial charge < -0.3 is 4.90 Å². The Morgan fingerprint density at radius 3 is 2.78 bits per heavy atom. The van der Waals surface area contributed by atoms with Crippen molar-refractivity contribution in [3.05, 3.63) is 46.8 Å². The molecule has 0 amide bonds. The van der Waals surface area contributed by atoms with Crippen LogP contribution in [0.1, 0.15) is 17.5 Å². The second kappa shape index (κ2) is 4.87. The zero-order valence-corrected chi connectivity index (χ0v) is 11.8. The molecule has 0 spiro atoms. The predicted molar refractivity (Wildman–Crippen MR) is 79.3 cm³/mol. The summed E-state index contributed by atoms with van der Waals surface area (Å²) in [6.45, 7) is 0. The summed E-state index contributed by atoms with van der Waals surface area (Å²) in [5, 5.41) is 2.17. The Bertz CT molecular complexity index is 528. The molecule has 2 heteroatoms. The Hall–Kier alpha value is -1.12. The van der Waals surface area contributed by atoms with Gasteiger partial charge in [0.1, 0.15) is 0 Å². The van der Waals surface area contributed by atoms with Crippen molar-refractivity contribution in [1.82, 2.24) is 4.90 Å². The Morgan fingerprint density at radius 2 is 2.06 bits per heavy atom. The maximum Gasteiger partial charge on any atom is 0.0345 e. The van der Waals surface area contributed by atoms with Gasteiger partial charge in [-0.25, -0.2) is 0 Å². The first-order valence-corrected chi connectivity index (χ1v) is 7.45. The second-order valence-electron chi connectivity index (χ2n) is 5.28. The van der Waals surface area contributed by atoms with E-state index >= 15 is 0 Å². The number of benzene rings is 1. The SMILES string of the molecule is CN(C)[C@H]1CCc2c(cccc2-c2cccs2)C1. The van der Waals surface area contributed by atoms with E-state index in [2.05, 4.69) is 54.7 Å². The first-order chi connectivity index (χ1) is 8.75. The van der Waals surface area contributed by atoms with Gasteiger partial charge in [-0.15, -0.1) is 11.3 Å². The van der Waals surface area contributed by atoms with Crippen LogP contribution in [-0.4, -0.2) is 25.0 Å². The average molecular weight is 257 g/mol. The summed E-state index contributed by atoms with van der Waals surface area (Å²) < 4.78 is 0. The topological polar surface area (TPSA) is 3.24 Å². The molecule has 2 aromatic rings. The Kier molecular flexibility index (Phi) is 3.23. The van der Waals surface area contributed by atoms with E-state index in [0.717, 1.165) is 0 Å². The van der Waals surface area contributed by atoms with Gasteiger partial charge in [0.05, 0.1) is 0 Å². The highest BCUT2D eigenvalue weighted by molar-refractivity contribution is 7.13. The molecule has 0 aliphatic heterocycles. The van der Waals surface area contributed by atoms with Crippen LogP contribution in [0, 0.1) is 0 Å². The number of thiophene rings is 1. The fourth-order valence-corrected chi connectivity index (χ4v) is 3.67. The Morgan fingerprint density at radius 1 is 1.17 bits per heavy atom. The highest BCUT2D eigenvalue weighted by Crippen LogP contribution is 2.34. The molecule has 18 heavy (non-hydrogen) atoms. The Labute approximate surface area is 113 Å². The number of hydrogen-bond acceptors (Lipinski definition) is 2. The van der Waals surface area contributed by atoms with E-state index in [1.165, 1.54) is 29.7 Å². The monoisotopic (exact) mass is 257 g/mol. The molecule has 1 heterocycles. The van der Waals surface area contributed by atoms with E-state index in [4.69, 9.17) is 0 Å². The van der Waals surface area contributed by atoms with Crippen molar-refractivity contribution in [3.63, 3.8) is 0 Å². The highest BCUT2D eigenvalue weighted by Gasteiger charge is 2.22. The normalized spacial score (nSPS) is 18.9. The summed E-state index contributed by atoms with van der Waals surface area (Å²) in [5.74, 6) is 0. The van der Waals surface area contributed by atoms with Crippen LogP contribution >= 0.6 is 11.3 Å². The lowest BCUT2D eigenvalue weighted by atomic mass is 9.84. The third-order valence-electron chi connectivity index (χ3n) is 3.97. The zero-order valence-electron chi connectivity index (χ0n) is 11.0. The van der Waals surface area contributed by atoms with Crippen LogP contribution < -0.4 is 0 Å². The van der Waals surface area contributed by atoms with Crippen LogP contribution in [0.3, 0.4) is 0 Å². The molecule has 0 saturated carbocycles. The van der Waals surface area contributed by atoms with E-state index in [-0.39, 0.29) is 0 Å². The third kappa shape index (κ3) is 2.11. The van der Waals surface area contributed by atoms with E-state index in [1.54, 1.807) is 11.1 Å². The maximum absolute atomic E-state index is 2.36. The number of fused-ring (bicyclic) bond motifs is 1. The standard InChI is InChI=1S/C16H19NS/c1-17(2)13-8-9-14-12(11-13)5-3-6-15(14)16-7-4-10-18-16/h3-7,10,13H,8-9,11H2,1-2H3/t13-/m0/s1. The number of hydrogen-bond donors (Lipinski definition) is 0. The molecule has 1 aliphatic rings. The lowest BCUT2D eigenvalue weighted by Gasteiger charge is -2.30. The molecule has 0 bridgehead atoms. The molecule has 1 aromatic carbocycles. The van der Waals surface area contributed by atoms with Gasteiger partial charge in [-0.05, 0) is 61.5 Å². The molecule has 0 unspecified atom stereocenters. The van der Waals surface area contributed by atoms with Gasteiger partial charge in [0, 0.05) is 10.9 Å². The first-order valence-electron chi connectivity index (χ1n) is 6.57. The van der Waals surface area contributed by atoms with Gasteiger partial charge in [0.25, 0.3) is 0 Å². The molecule has 94 valence electrons. The lowest BCUT2D eigenvalue weighted by molar-refractivity contribution is 0.268. The van der Waals surface area contributed by atoms with E-state index < -0.39 is 0 Å². The fraction of sp³-hybridized carbons (Fsp3) is 0.375. The molecule has 1 aromatic heterocycles. The van der Waals surface area contributed by atoms with Crippen molar-refractivity contribution < 1.29 is 0 Å². The minimum atomic E-state index is 0.705. The van der Waals surface area contributed by atoms with Crippen molar-refractivity contribution in [3.8, 4) is 10.4 Å². The van der Waals surface area contributed by atoms with Gasteiger partial charge in [-0.3, -0.25) is 0 Å². The van der Waals surface area contributed by atoms with E-state index in [1.807, 2.05) is 11.3 Å². The minimum absolute atomic E-state index is 0.705. The molecule has 0 N–H and O–H groups in total. The predicted octanol–water partition coefficient (Wildman–Crippen LogP) is 3.83. The van der Waals surface area contributed by atoms with Crippen LogP contribution in [0.4, 0.5) is 0 Å². The van der Waals surface area contributed by atoms with Gasteiger partial charge in [-0.2, -0.15) is 0 Å². The summed E-state index contributed by atoms with van der Waals surface area (Å²) in [4.78, 5) is 3.77. The molecule has 3 rings (SSSR count). The van der Waals surface area contributed by atoms with E-state index in [9.17, 15) is 0 Å². The van der Waals surface area contributed by atoms with Crippen molar-refractivity contribution >= 4 is 11.3 Å². The number of likely N-dealkylation sites (N-methyl/N-ethyl adjacent to an activating group) is 1. The second-order valence-corrected chi connectivity index (χ2v) is 6.23. The number of rotatable bonds is 2. The first kappa shape index (κ1) is 11.9. The van der Waals surface area contributed by atoms with Gasteiger partial charge in [0.15, 0.2) is 0 Å². The quantitative estimate of drug-likeness (QED) is 0.790. The van der Waals surface area contributed by atoms with Crippen LogP contribution in [-0.2, 0) is 12.8 Å². The molecule has 1 aliphatic carbocycles. The molecular formula is C16H19NS. The van der Waals surface area contributed by atoms with Crippen molar-refractivity contribution in [2.24, 2.45) is 0 Å². The molecule has 0 saturated heterocycles. The summed E-state index contributed by atoms with van der Waals surface area (Å²) in [7, 11) is 4.39. The molecule has 1 atom stereocenters. The van der Waals surface area contributed by atoms with Crippen molar-refractivity contribution in [1.29, 1.82) is 0 Å². The summed E-state index contributed by atoms with van der Waals surface area (Å²) in [6, 6.07) is 11.9. The Balaban J connectivity index is 1.99. The van der Waals surface area contributed by atoms with Gasteiger partial charge in [0.2, 0.25) is 0 Å². The lowest BCUT2D eigenvalue weighted by Crippen LogP contribution is -2.33. The summed E-state index contributed by atoms with van der Waals surface area (Å²) in [6.07, 6.45) is 3.69. The zero-order chi connectivity index (χ0) is 12.5. The molecule has 0 radical (unpaired) electrons. The smallest absolute Gasteiger partial charge is 0.0345 e. The van der Waals surface area contributed by atoms with Gasteiger partial charge >= 0.3 is 0 Å². The molecular weight excluding hydrogens is 238 g/mol. The summed E-state index contributed by atoms with van der Waals surface area (Å²) in [5.41, 5.74) is 4.59. The average Bonchev–Trinajstić information content (AvgIpc) is 2.91. The van der Waals surface area contributed by atoms with Crippen LogP contribution in [0.5, 0.6) is 0 Å². The largest absolute Gasteiger partial charge is 0.306 e. The number of nitrogens with zero attached hydrogens (tertiary/aromatic N) is 1. The molecule has 0 fully saturated rings. The minimum Gasteiger partial charge on any atom is -0.306 e. The van der Waals surface area contributed by atoms with Crippen molar-refractivity contribution in [2.75, 3.05) is 14.1 Å². The highest BCUT2D eigenvalue weighted by atomic mass is 32.1. The van der Waals surface area contributed by atoms with Crippen LogP contribution in [0.25, 0.3) is 10.4 Å². The molecule has 1 nitrogen and oxygen atoms in total. The van der Waals surface area contributed by atoms with Crippen molar-refractivity contribution in [2.45, 2.75) is 25.3 Å². The van der Waals surface area contributed by atoms with E-state index in [0.29, 0.717) is 6.04 Å². The van der Waals surface area contributed by atoms with Gasteiger partial charge in [-0.1, -0.05) is 24.3 Å². The maximum atomic E-state index is 2.36. The fourth-order valence-electron chi connectivity index (χ4n) is 2.89. The third-order valence-corrected chi connectivity index (χ3v) is 4.88. The summed E-state index contributed by atoms with van der Waals surface area (Å²) >= 11 is 1.85. The van der Waals surface area contributed by atoms with Crippen LogP contribution in [0.15, 0.2) is 35.7 Å². The van der Waals surface area contributed by atoms with Crippen LogP contribution in [0.2, 0.25) is 0 Å².